The van der Waals surface area contributed by atoms with Crippen LogP contribution in [0.1, 0.15) is 34.1 Å². The van der Waals surface area contributed by atoms with Crippen LogP contribution >= 0.6 is 23.3 Å². The molecule has 18 heavy (non-hydrogen) atoms. The van der Waals surface area contributed by atoms with E-state index in [-0.39, 0.29) is 5.54 Å². The van der Waals surface area contributed by atoms with Gasteiger partial charge in [-0.15, -0.1) is 11.3 Å². The molecule has 0 fully saturated rings. The Kier molecular flexibility index (Phi) is 4.30. The highest BCUT2D eigenvalue weighted by atomic mass is 32.2. The lowest BCUT2D eigenvalue weighted by Gasteiger charge is -2.33. The van der Waals surface area contributed by atoms with Crippen LogP contribution in [0.15, 0.2) is 28.6 Å². The quantitative estimate of drug-likeness (QED) is 0.747. The topological polar surface area (TPSA) is 16.1 Å². The van der Waals surface area contributed by atoms with Crippen LogP contribution < -0.4 is 0 Å². The van der Waals surface area contributed by atoms with Gasteiger partial charge in [-0.25, -0.2) is 9.29 Å². The van der Waals surface area contributed by atoms with E-state index in [4.69, 9.17) is 0 Å². The molecular weight excluding hydrogens is 260 g/mol. The fourth-order valence-electron chi connectivity index (χ4n) is 1.71. The molecule has 0 atom stereocenters. The van der Waals surface area contributed by atoms with E-state index >= 15 is 0 Å². The maximum Gasteiger partial charge on any atom is 0.166 e. The van der Waals surface area contributed by atoms with Crippen LogP contribution in [0.4, 0.5) is 0 Å². The molecule has 0 saturated heterocycles. The van der Waals surface area contributed by atoms with Gasteiger partial charge in [0.25, 0.3) is 0 Å². The second kappa shape index (κ2) is 5.59. The fraction of sp³-hybridized carbons (Fsp3) is 0.500. The highest BCUT2D eigenvalue weighted by Crippen LogP contribution is 2.35. The summed E-state index contributed by atoms with van der Waals surface area (Å²) in [6.07, 6.45) is 1.16. The van der Waals surface area contributed by atoms with E-state index in [0.29, 0.717) is 0 Å². The largest absolute Gasteiger partial charge is 0.239 e. The minimum absolute atomic E-state index is 0.165. The molecule has 0 amide bonds. The van der Waals surface area contributed by atoms with Crippen LogP contribution in [-0.4, -0.2) is 21.4 Å². The molecule has 0 bridgehead atoms. The second-order valence-corrected chi connectivity index (χ2v) is 7.61. The van der Waals surface area contributed by atoms with Gasteiger partial charge in [-0.1, -0.05) is 19.1 Å². The van der Waals surface area contributed by atoms with Crippen LogP contribution in [0.3, 0.4) is 0 Å². The lowest BCUT2D eigenvalue weighted by Crippen LogP contribution is -2.36. The first-order chi connectivity index (χ1) is 8.50. The summed E-state index contributed by atoms with van der Waals surface area (Å²) in [4.78, 5) is 4.69. The number of aromatic nitrogens is 1. The highest BCUT2D eigenvalue weighted by Gasteiger charge is 2.22. The molecule has 0 aliphatic rings. The van der Waals surface area contributed by atoms with E-state index in [1.54, 1.807) is 23.3 Å². The Morgan fingerprint density at radius 1 is 1.28 bits per heavy atom. The minimum Gasteiger partial charge on any atom is -0.239 e. The monoisotopic (exact) mass is 280 g/mol. The third-order valence-electron chi connectivity index (χ3n) is 2.64. The van der Waals surface area contributed by atoms with E-state index in [2.05, 4.69) is 55.2 Å². The first-order valence-electron chi connectivity index (χ1n) is 6.32. The van der Waals surface area contributed by atoms with Gasteiger partial charge < -0.3 is 0 Å². The molecule has 1 aromatic heterocycles. The van der Waals surface area contributed by atoms with Crippen molar-refractivity contribution >= 4 is 33.5 Å². The van der Waals surface area contributed by atoms with E-state index < -0.39 is 0 Å². The molecule has 98 valence electrons. The molecule has 0 aliphatic heterocycles. The van der Waals surface area contributed by atoms with Crippen molar-refractivity contribution in [3.8, 4) is 0 Å². The number of rotatable bonds is 4. The molecule has 4 heteroatoms. The SMILES string of the molecule is CCCN(Sc1nc2ccccc2s1)C(C)(C)C. The molecular formula is C14H20N2S2. The molecule has 0 saturated carbocycles. The van der Waals surface area contributed by atoms with Crippen molar-refractivity contribution in [1.29, 1.82) is 0 Å². The van der Waals surface area contributed by atoms with E-state index in [1.165, 1.54) is 4.70 Å². The number of fused-ring (bicyclic) bond motifs is 1. The van der Waals surface area contributed by atoms with E-state index in [9.17, 15) is 0 Å². The molecule has 0 N–H and O–H groups in total. The zero-order chi connectivity index (χ0) is 13.2. The summed E-state index contributed by atoms with van der Waals surface area (Å²) in [6.45, 7) is 10.1. The van der Waals surface area contributed by atoms with Crippen LogP contribution in [0.25, 0.3) is 10.2 Å². The van der Waals surface area contributed by atoms with Gasteiger partial charge in [0.2, 0.25) is 0 Å². The zero-order valence-electron chi connectivity index (χ0n) is 11.4. The summed E-state index contributed by atoms with van der Waals surface area (Å²) in [5.74, 6) is 0. The fourth-order valence-corrected chi connectivity index (χ4v) is 3.97. The number of nitrogens with zero attached hydrogens (tertiary/aromatic N) is 2. The summed E-state index contributed by atoms with van der Waals surface area (Å²) in [6, 6.07) is 8.34. The lowest BCUT2D eigenvalue weighted by atomic mass is 10.1. The Labute approximate surface area is 118 Å². The van der Waals surface area contributed by atoms with Gasteiger partial charge in [0.1, 0.15) is 0 Å². The average Bonchev–Trinajstić information content (AvgIpc) is 2.69. The predicted octanol–water partition coefficient (Wildman–Crippen LogP) is 4.81. The number of thiazole rings is 1. The van der Waals surface area contributed by atoms with Crippen molar-refractivity contribution in [3.05, 3.63) is 24.3 Å². The van der Waals surface area contributed by atoms with Crippen molar-refractivity contribution in [2.75, 3.05) is 6.54 Å². The molecule has 0 unspecified atom stereocenters. The van der Waals surface area contributed by atoms with Crippen molar-refractivity contribution in [3.63, 3.8) is 0 Å². The standard InChI is InChI=1S/C14H20N2S2/c1-5-10-16(14(2,3)4)18-13-15-11-8-6-7-9-12(11)17-13/h6-9H,5,10H2,1-4H3. The second-order valence-electron chi connectivity index (χ2n) is 5.31. The molecule has 2 rings (SSSR count). The third kappa shape index (κ3) is 3.25. The average molecular weight is 280 g/mol. The van der Waals surface area contributed by atoms with Gasteiger partial charge in [-0.2, -0.15) is 0 Å². The molecule has 2 aromatic rings. The third-order valence-corrected chi connectivity index (χ3v) is 5.14. The summed E-state index contributed by atoms with van der Waals surface area (Å²) >= 11 is 3.56. The van der Waals surface area contributed by atoms with Gasteiger partial charge in [-0.3, -0.25) is 0 Å². The van der Waals surface area contributed by atoms with Gasteiger partial charge in [-0.05, 0) is 51.3 Å². The Morgan fingerprint density at radius 2 is 2.00 bits per heavy atom. The molecule has 0 aliphatic carbocycles. The maximum atomic E-state index is 4.69. The van der Waals surface area contributed by atoms with Crippen LogP contribution in [-0.2, 0) is 0 Å². The Balaban J connectivity index is 2.20. The van der Waals surface area contributed by atoms with Gasteiger partial charge >= 0.3 is 0 Å². The van der Waals surface area contributed by atoms with Crippen molar-refractivity contribution < 1.29 is 0 Å². The number of para-hydroxylation sites is 1. The summed E-state index contributed by atoms with van der Waals surface area (Å²) in [7, 11) is 0. The van der Waals surface area contributed by atoms with Crippen molar-refractivity contribution in [2.24, 2.45) is 0 Å². The first kappa shape index (κ1) is 13.8. The van der Waals surface area contributed by atoms with E-state index in [1.807, 2.05) is 6.07 Å². The Hall–Kier alpha value is -0.580. The molecule has 0 spiro atoms. The highest BCUT2D eigenvalue weighted by molar-refractivity contribution is 7.99. The van der Waals surface area contributed by atoms with Crippen molar-refractivity contribution in [1.82, 2.24) is 9.29 Å². The number of hydrogen-bond donors (Lipinski definition) is 0. The van der Waals surface area contributed by atoms with Crippen LogP contribution in [0.5, 0.6) is 0 Å². The van der Waals surface area contributed by atoms with E-state index in [0.717, 1.165) is 22.8 Å². The van der Waals surface area contributed by atoms with Gasteiger partial charge in [0.15, 0.2) is 4.34 Å². The summed E-state index contributed by atoms with van der Waals surface area (Å²) < 4.78 is 4.83. The summed E-state index contributed by atoms with van der Waals surface area (Å²) in [5.41, 5.74) is 1.27. The molecule has 1 aromatic carbocycles. The molecule has 2 nitrogen and oxygen atoms in total. The maximum absolute atomic E-state index is 4.69. The summed E-state index contributed by atoms with van der Waals surface area (Å²) in [5, 5.41) is 0. The number of benzene rings is 1. The Bertz CT molecular complexity index is 481. The molecule has 1 heterocycles. The first-order valence-corrected chi connectivity index (χ1v) is 7.91. The minimum atomic E-state index is 0.165. The predicted molar refractivity (Wildman–Crippen MR) is 82.2 cm³/mol. The van der Waals surface area contributed by atoms with Crippen LogP contribution in [0, 0.1) is 0 Å². The zero-order valence-corrected chi connectivity index (χ0v) is 13.1. The smallest absolute Gasteiger partial charge is 0.166 e. The van der Waals surface area contributed by atoms with Crippen molar-refractivity contribution in [2.45, 2.75) is 44.0 Å². The number of hydrogen-bond acceptors (Lipinski definition) is 4. The normalized spacial score (nSPS) is 12.5. The van der Waals surface area contributed by atoms with Gasteiger partial charge in [0, 0.05) is 12.1 Å². The van der Waals surface area contributed by atoms with Gasteiger partial charge in [0.05, 0.1) is 10.2 Å². The Morgan fingerprint density at radius 3 is 2.61 bits per heavy atom. The molecule has 0 radical (unpaired) electrons. The lowest BCUT2D eigenvalue weighted by molar-refractivity contribution is 0.274. The van der Waals surface area contributed by atoms with Crippen LogP contribution in [0.2, 0.25) is 0 Å².